The van der Waals surface area contributed by atoms with Crippen LogP contribution in [0.1, 0.15) is 30.9 Å². The van der Waals surface area contributed by atoms with Crippen LogP contribution in [0.25, 0.3) is 0 Å². The van der Waals surface area contributed by atoms with E-state index in [1.807, 2.05) is 17.1 Å². The average molecular weight is 344 g/mol. The van der Waals surface area contributed by atoms with Crippen LogP contribution in [0.15, 0.2) is 12.4 Å². The first-order valence-corrected chi connectivity index (χ1v) is 9.19. The van der Waals surface area contributed by atoms with Crippen molar-refractivity contribution in [2.24, 2.45) is 5.92 Å². The molecule has 0 bridgehead atoms. The van der Waals surface area contributed by atoms with Crippen molar-refractivity contribution < 1.29 is 9.47 Å². The second-order valence-corrected chi connectivity index (χ2v) is 7.45. The fraction of sp³-hybridized carbons (Fsp3) is 0.706. The van der Waals surface area contributed by atoms with E-state index in [0.29, 0.717) is 12.5 Å². The van der Waals surface area contributed by atoms with Crippen LogP contribution in [0.5, 0.6) is 0 Å². The Bertz CT molecular complexity index is 740. The van der Waals surface area contributed by atoms with Crippen LogP contribution in [0.3, 0.4) is 0 Å². The number of fused-ring (bicyclic) bond motifs is 1. The summed E-state index contributed by atoms with van der Waals surface area (Å²) in [5.41, 5.74) is 1.06. The quantitative estimate of drug-likeness (QED) is 0.874. The summed E-state index contributed by atoms with van der Waals surface area (Å²) < 4.78 is 15.6. The van der Waals surface area contributed by atoms with Gasteiger partial charge in [-0.05, 0) is 25.2 Å². The van der Waals surface area contributed by atoms with E-state index in [9.17, 15) is 0 Å². The molecule has 1 N–H and O–H groups in total. The third-order valence-electron chi connectivity index (χ3n) is 5.54. The number of rotatable bonds is 5. The van der Waals surface area contributed by atoms with Crippen LogP contribution in [0.4, 0.5) is 5.69 Å². The Morgan fingerprint density at radius 1 is 1.28 bits per heavy atom. The Labute approximate surface area is 146 Å². The molecule has 1 aliphatic carbocycles. The molecule has 1 spiro atoms. The molecule has 4 heterocycles. The molecule has 0 aromatic carbocycles. The molecule has 8 heteroatoms. The van der Waals surface area contributed by atoms with E-state index < -0.39 is 0 Å². The molecule has 8 nitrogen and oxygen atoms in total. The largest absolute Gasteiger partial charge is 0.382 e. The van der Waals surface area contributed by atoms with Crippen molar-refractivity contribution in [3.05, 3.63) is 24.0 Å². The van der Waals surface area contributed by atoms with E-state index in [1.54, 1.807) is 0 Å². The van der Waals surface area contributed by atoms with E-state index in [2.05, 4.69) is 25.2 Å². The maximum absolute atomic E-state index is 5.90. The topological polar surface area (TPSA) is 79.0 Å². The molecule has 0 amide bonds. The molecule has 1 saturated carbocycles. The van der Waals surface area contributed by atoms with E-state index in [-0.39, 0.29) is 5.60 Å². The van der Waals surface area contributed by atoms with E-state index >= 15 is 0 Å². The highest BCUT2D eigenvalue weighted by Crippen LogP contribution is 2.42. The summed E-state index contributed by atoms with van der Waals surface area (Å²) in [7, 11) is 0. The smallest absolute Gasteiger partial charge is 0.154 e. The second-order valence-electron chi connectivity index (χ2n) is 7.45. The Kier molecular flexibility index (Phi) is 3.74. The first-order valence-electron chi connectivity index (χ1n) is 9.19. The summed E-state index contributed by atoms with van der Waals surface area (Å²) >= 11 is 0. The van der Waals surface area contributed by atoms with Gasteiger partial charge in [0.2, 0.25) is 0 Å². The number of aromatic nitrogens is 5. The minimum Gasteiger partial charge on any atom is -0.382 e. The minimum absolute atomic E-state index is 0.00281. The maximum atomic E-state index is 5.90. The first-order chi connectivity index (χ1) is 12.3. The fourth-order valence-corrected chi connectivity index (χ4v) is 4.27. The summed E-state index contributed by atoms with van der Waals surface area (Å²) in [5.74, 6) is 2.75. The van der Waals surface area contributed by atoms with Gasteiger partial charge in [-0.1, -0.05) is 0 Å². The normalized spacial score (nSPS) is 28.1. The zero-order valence-corrected chi connectivity index (χ0v) is 14.4. The molecule has 0 unspecified atom stereocenters. The lowest BCUT2D eigenvalue weighted by atomic mass is 9.71. The number of nitrogens with one attached hydrogen (secondary N) is 1. The lowest BCUT2D eigenvalue weighted by molar-refractivity contribution is -0.207. The molecule has 2 aromatic rings. The van der Waals surface area contributed by atoms with E-state index in [1.165, 1.54) is 6.42 Å². The lowest BCUT2D eigenvalue weighted by Crippen LogP contribution is -2.54. The Morgan fingerprint density at radius 2 is 2.24 bits per heavy atom. The summed E-state index contributed by atoms with van der Waals surface area (Å²) in [5, 5.41) is 16.5. The summed E-state index contributed by atoms with van der Waals surface area (Å²) in [4.78, 5) is 0. The molecule has 1 saturated heterocycles. The van der Waals surface area contributed by atoms with Gasteiger partial charge in [-0.3, -0.25) is 4.68 Å². The monoisotopic (exact) mass is 344 g/mol. The van der Waals surface area contributed by atoms with Gasteiger partial charge in [0.05, 0.1) is 37.3 Å². The Morgan fingerprint density at radius 3 is 3.12 bits per heavy atom. The zero-order valence-electron chi connectivity index (χ0n) is 14.4. The molecule has 2 aromatic heterocycles. The van der Waals surface area contributed by atoms with Crippen molar-refractivity contribution in [1.29, 1.82) is 0 Å². The Hall–Kier alpha value is -1.93. The maximum Gasteiger partial charge on any atom is 0.154 e. The highest BCUT2D eigenvalue weighted by atomic mass is 16.6. The van der Waals surface area contributed by atoms with E-state index in [0.717, 1.165) is 69.5 Å². The summed E-state index contributed by atoms with van der Waals surface area (Å²) in [6.45, 7) is 4.88. The van der Waals surface area contributed by atoms with Crippen LogP contribution in [-0.4, -0.2) is 56.5 Å². The van der Waals surface area contributed by atoms with Gasteiger partial charge in [0.25, 0.3) is 0 Å². The molecule has 2 fully saturated rings. The molecule has 3 aliphatic rings. The van der Waals surface area contributed by atoms with Crippen molar-refractivity contribution in [3.63, 3.8) is 0 Å². The van der Waals surface area contributed by atoms with Crippen molar-refractivity contribution >= 4 is 5.69 Å². The summed E-state index contributed by atoms with van der Waals surface area (Å²) in [6.07, 6.45) is 8.30. The molecule has 25 heavy (non-hydrogen) atoms. The Balaban J connectivity index is 1.13. The molecule has 134 valence electrons. The lowest BCUT2D eigenvalue weighted by Gasteiger charge is -2.49. The van der Waals surface area contributed by atoms with Crippen LogP contribution in [-0.2, 0) is 29.0 Å². The van der Waals surface area contributed by atoms with Gasteiger partial charge >= 0.3 is 0 Å². The molecule has 0 atom stereocenters. The standard InChI is InChI=1S/C17H24N6O2/c1-2-15-20-21-16(23(15)3-1)11-22-10-14(9-19-22)18-8-13-6-17(7-13)12-24-4-5-25-17/h9-10,13,18H,1-8,11-12H2. The minimum atomic E-state index is 0.00281. The van der Waals surface area contributed by atoms with Crippen molar-refractivity contribution in [2.75, 3.05) is 31.7 Å². The molecule has 5 rings (SSSR count). The molecule has 0 radical (unpaired) electrons. The molecular weight excluding hydrogens is 320 g/mol. The van der Waals surface area contributed by atoms with E-state index in [4.69, 9.17) is 9.47 Å². The van der Waals surface area contributed by atoms with Gasteiger partial charge < -0.3 is 19.4 Å². The first kappa shape index (κ1) is 15.3. The van der Waals surface area contributed by atoms with Crippen LogP contribution in [0, 0.1) is 5.92 Å². The van der Waals surface area contributed by atoms with Crippen molar-refractivity contribution in [2.45, 2.75) is 44.4 Å². The van der Waals surface area contributed by atoms with Gasteiger partial charge in [0.1, 0.15) is 12.4 Å². The average Bonchev–Trinajstić information content (AvgIpc) is 3.31. The summed E-state index contributed by atoms with van der Waals surface area (Å²) in [6, 6.07) is 0. The number of hydrogen-bond donors (Lipinski definition) is 1. The number of nitrogens with zero attached hydrogens (tertiary/aromatic N) is 5. The predicted octanol–water partition coefficient (Wildman–Crippen LogP) is 1.08. The van der Waals surface area contributed by atoms with Gasteiger partial charge in [0.15, 0.2) is 5.82 Å². The van der Waals surface area contributed by atoms with Crippen molar-refractivity contribution in [1.82, 2.24) is 24.5 Å². The SMILES string of the molecule is c1nn(Cc2nnc3n2CCC3)cc1NCC1CC2(COCCO2)C1. The van der Waals surface area contributed by atoms with Crippen LogP contribution in [0.2, 0.25) is 0 Å². The van der Waals surface area contributed by atoms with Crippen LogP contribution < -0.4 is 5.32 Å². The van der Waals surface area contributed by atoms with Gasteiger partial charge in [0, 0.05) is 25.7 Å². The van der Waals surface area contributed by atoms with Crippen LogP contribution >= 0.6 is 0 Å². The number of aryl methyl sites for hydroxylation is 1. The fourth-order valence-electron chi connectivity index (χ4n) is 4.27. The number of hydrogen-bond acceptors (Lipinski definition) is 6. The van der Waals surface area contributed by atoms with Crippen molar-refractivity contribution in [3.8, 4) is 0 Å². The molecular formula is C17H24N6O2. The zero-order chi connectivity index (χ0) is 16.7. The molecule has 2 aliphatic heterocycles. The van der Waals surface area contributed by atoms with Gasteiger partial charge in [-0.15, -0.1) is 10.2 Å². The third-order valence-corrected chi connectivity index (χ3v) is 5.54. The number of anilines is 1. The highest BCUT2D eigenvalue weighted by molar-refractivity contribution is 5.38. The third kappa shape index (κ3) is 2.93. The van der Waals surface area contributed by atoms with Gasteiger partial charge in [-0.25, -0.2) is 0 Å². The van der Waals surface area contributed by atoms with Gasteiger partial charge in [-0.2, -0.15) is 5.10 Å². The predicted molar refractivity (Wildman–Crippen MR) is 90.4 cm³/mol. The highest BCUT2D eigenvalue weighted by Gasteiger charge is 2.46. The second kappa shape index (κ2) is 6.10. The number of ether oxygens (including phenoxy) is 2.